The van der Waals surface area contributed by atoms with E-state index in [0.29, 0.717) is 22.3 Å². The largest absolute Gasteiger partial charge is 0.533 e. The lowest BCUT2D eigenvalue weighted by molar-refractivity contribution is -0.116. The fourth-order valence-electron chi connectivity index (χ4n) is 6.89. The number of anilines is 1. The Hall–Kier alpha value is -4.90. The minimum absolute atomic E-state index is 0.0436. The van der Waals surface area contributed by atoms with Crippen molar-refractivity contribution in [1.29, 1.82) is 0 Å². The van der Waals surface area contributed by atoms with Crippen molar-refractivity contribution in [1.82, 2.24) is 19.7 Å². The minimum Gasteiger partial charge on any atom is -0.533 e. The van der Waals surface area contributed by atoms with Gasteiger partial charge in [0.25, 0.3) is 0 Å². The first-order valence-corrected chi connectivity index (χ1v) is 20.0. The van der Waals surface area contributed by atoms with E-state index in [1.54, 1.807) is 23.7 Å². The standard InChI is InChI=1S/C40H39ClN6O2SSi/c1-25-26(2)50-39-36(25)37(28-17-19-29(41)20-18-28)44-34(38-46-45-27(3)47(38)39)22-35(48)43-30-21-31(24-42-23-30)49-51(40(4,5)6,32-13-9-7-10-14-32)33-15-11-8-12-16-33/h7-21,23-24,34H,22H2,1-6H3,(H,43,48). The second-order valence-electron chi connectivity index (χ2n) is 13.8. The number of hydrogen-bond acceptors (Lipinski definition) is 7. The number of hydrogen-bond donors (Lipinski definition) is 1. The third-order valence-corrected chi connectivity index (χ3v) is 15.8. The second-order valence-corrected chi connectivity index (χ2v) is 19.7. The molecular formula is C40H39ClN6O2SSi. The number of pyridine rings is 1. The number of fused-ring (bicyclic) bond motifs is 3. The average molecular weight is 731 g/mol. The summed E-state index contributed by atoms with van der Waals surface area (Å²) < 4.78 is 9.22. The van der Waals surface area contributed by atoms with Crippen molar-refractivity contribution in [3.63, 3.8) is 0 Å². The van der Waals surface area contributed by atoms with Crippen LogP contribution in [-0.4, -0.2) is 39.7 Å². The highest BCUT2D eigenvalue weighted by molar-refractivity contribution is 7.15. The topological polar surface area (TPSA) is 94.3 Å². The number of aryl methyl sites for hydroxylation is 2. The van der Waals surface area contributed by atoms with Gasteiger partial charge in [-0.2, -0.15) is 0 Å². The summed E-state index contributed by atoms with van der Waals surface area (Å²) in [6, 6.07) is 29.8. The van der Waals surface area contributed by atoms with E-state index in [4.69, 9.17) is 21.0 Å². The fourth-order valence-corrected chi connectivity index (χ4v) is 12.6. The van der Waals surface area contributed by atoms with E-state index in [1.165, 1.54) is 4.88 Å². The van der Waals surface area contributed by atoms with E-state index in [0.717, 1.165) is 43.6 Å². The first kappa shape index (κ1) is 34.5. The second kappa shape index (κ2) is 13.7. The Bertz CT molecular complexity index is 2210. The monoisotopic (exact) mass is 730 g/mol. The average Bonchev–Trinajstić information content (AvgIpc) is 3.59. The van der Waals surface area contributed by atoms with Crippen LogP contribution >= 0.6 is 22.9 Å². The van der Waals surface area contributed by atoms with E-state index in [2.05, 4.69) is 104 Å². The van der Waals surface area contributed by atoms with Crippen LogP contribution in [0, 0.1) is 20.8 Å². The molecule has 4 heterocycles. The molecule has 0 saturated carbocycles. The number of carbonyl (C=O) groups is 1. The highest BCUT2D eigenvalue weighted by Gasteiger charge is 2.52. The van der Waals surface area contributed by atoms with Gasteiger partial charge in [0.05, 0.1) is 30.2 Å². The molecule has 7 rings (SSSR count). The summed E-state index contributed by atoms with van der Waals surface area (Å²) in [7, 11) is -2.90. The van der Waals surface area contributed by atoms with Gasteiger partial charge in [-0.05, 0) is 53.9 Å². The van der Waals surface area contributed by atoms with Gasteiger partial charge in [0.2, 0.25) is 5.91 Å². The maximum absolute atomic E-state index is 13.9. The highest BCUT2D eigenvalue weighted by Crippen LogP contribution is 2.40. The number of carbonyl (C=O) groups excluding carboxylic acids is 1. The smallest absolute Gasteiger partial charge is 0.320 e. The van der Waals surface area contributed by atoms with Crippen molar-refractivity contribution < 1.29 is 9.22 Å². The van der Waals surface area contributed by atoms with Crippen LogP contribution in [-0.2, 0) is 4.79 Å². The maximum Gasteiger partial charge on any atom is 0.320 e. The van der Waals surface area contributed by atoms with Gasteiger partial charge in [-0.25, -0.2) is 0 Å². The zero-order valence-corrected chi connectivity index (χ0v) is 32.0. The first-order chi connectivity index (χ1) is 24.5. The van der Waals surface area contributed by atoms with Crippen molar-refractivity contribution in [3.05, 3.63) is 142 Å². The van der Waals surface area contributed by atoms with Crippen LogP contribution in [0.4, 0.5) is 5.69 Å². The van der Waals surface area contributed by atoms with E-state index >= 15 is 0 Å². The zero-order chi connectivity index (χ0) is 35.9. The minimum atomic E-state index is -2.90. The number of thiophene rings is 1. The van der Waals surface area contributed by atoms with Crippen LogP contribution in [0.5, 0.6) is 5.75 Å². The van der Waals surface area contributed by atoms with Gasteiger partial charge in [0.15, 0.2) is 5.82 Å². The van der Waals surface area contributed by atoms with Crippen molar-refractivity contribution in [2.45, 2.75) is 59.0 Å². The number of nitrogens with zero attached hydrogens (tertiary/aromatic N) is 5. The molecule has 1 aliphatic rings. The van der Waals surface area contributed by atoms with Crippen LogP contribution in [0.25, 0.3) is 5.00 Å². The molecule has 1 N–H and O–H groups in total. The van der Waals surface area contributed by atoms with E-state index in [-0.39, 0.29) is 17.4 Å². The summed E-state index contributed by atoms with van der Waals surface area (Å²) in [5, 5.41) is 15.8. The van der Waals surface area contributed by atoms with Crippen LogP contribution in [0.3, 0.4) is 0 Å². The highest BCUT2D eigenvalue weighted by atomic mass is 35.5. The predicted molar refractivity (Wildman–Crippen MR) is 209 cm³/mol. The molecule has 8 nitrogen and oxygen atoms in total. The summed E-state index contributed by atoms with van der Waals surface area (Å²) in [6.45, 7) is 12.8. The summed E-state index contributed by atoms with van der Waals surface area (Å²) in [4.78, 5) is 24.9. The van der Waals surface area contributed by atoms with Crippen LogP contribution in [0.1, 0.15) is 66.5 Å². The Morgan fingerprint density at radius 2 is 1.57 bits per heavy atom. The van der Waals surface area contributed by atoms with Gasteiger partial charge >= 0.3 is 8.32 Å². The lowest BCUT2D eigenvalue weighted by Crippen LogP contribution is -2.68. The molecular weight excluding hydrogens is 692 g/mol. The van der Waals surface area contributed by atoms with Gasteiger partial charge < -0.3 is 9.74 Å². The zero-order valence-electron chi connectivity index (χ0n) is 29.4. The van der Waals surface area contributed by atoms with Gasteiger partial charge in [-0.3, -0.25) is 19.3 Å². The van der Waals surface area contributed by atoms with Crippen LogP contribution in [0.15, 0.2) is 108 Å². The number of aliphatic imine (C=N–C) groups is 1. The molecule has 0 fully saturated rings. The molecule has 0 bridgehead atoms. The first-order valence-electron chi connectivity index (χ1n) is 16.9. The fraction of sp³-hybridized carbons (Fsp3) is 0.225. The number of aromatic nitrogens is 4. The molecule has 1 aliphatic heterocycles. The summed E-state index contributed by atoms with van der Waals surface area (Å²) >= 11 is 7.95. The number of amides is 1. The number of nitrogens with one attached hydrogen (secondary N) is 1. The van der Waals surface area contributed by atoms with Gasteiger partial charge in [0, 0.05) is 27.1 Å². The normalized spacial score (nSPS) is 14.3. The summed E-state index contributed by atoms with van der Waals surface area (Å²) in [6.07, 6.45) is 3.40. The lowest BCUT2D eigenvalue weighted by Gasteiger charge is -2.42. The van der Waals surface area contributed by atoms with Crippen molar-refractivity contribution >= 4 is 58.9 Å². The van der Waals surface area contributed by atoms with E-state index < -0.39 is 14.4 Å². The molecule has 3 aromatic carbocycles. The van der Waals surface area contributed by atoms with Crippen LogP contribution < -0.4 is 20.1 Å². The Morgan fingerprint density at radius 1 is 0.922 bits per heavy atom. The molecule has 0 saturated heterocycles. The molecule has 3 aromatic heterocycles. The van der Waals surface area contributed by atoms with Gasteiger partial charge in [-0.15, -0.1) is 21.5 Å². The Kier molecular flexibility index (Phi) is 9.26. The molecule has 11 heteroatoms. The summed E-state index contributed by atoms with van der Waals surface area (Å²) in [5.74, 6) is 1.72. The molecule has 6 aromatic rings. The molecule has 1 unspecified atom stereocenters. The third kappa shape index (κ3) is 6.43. The Morgan fingerprint density at radius 3 is 2.20 bits per heavy atom. The Balaban J connectivity index is 1.22. The lowest BCUT2D eigenvalue weighted by atomic mass is 9.99. The van der Waals surface area contributed by atoms with Gasteiger partial charge in [0.1, 0.15) is 22.6 Å². The Labute approximate surface area is 308 Å². The van der Waals surface area contributed by atoms with Gasteiger partial charge in [-0.1, -0.05) is 105 Å². The third-order valence-electron chi connectivity index (χ3n) is 9.42. The molecule has 0 aliphatic carbocycles. The maximum atomic E-state index is 13.9. The quantitative estimate of drug-likeness (QED) is 0.160. The van der Waals surface area contributed by atoms with Crippen LogP contribution in [0.2, 0.25) is 10.1 Å². The molecule has 258 valence electrons. The number of rotatable bonds is 8. The molecule has 1 atom stereocenters. The number of halogens is 1. The summed E-state index contributed by atoms with van der Waals surface area (Å²) in [5.41, 5.74) is 4.41. The number of benzene rings is 3. The van der Waals surface area contributed by atoms with Crippen molar-refractivity contribution in [2.24, 2.45) is 4.99 Å². The predicted octanol–water partition coefficient (Wildman–Crippen LogP) is 8.16. The van der Waals surface area contributed by atoms with Crippen molar-refractivity contribution in [2.75, 3.05) is 5.32 Å². The molecule has 0 radical (unpaired) electrons. The molecule has 1 amide bonds. The van der Waals surface area contributed by atoms with E-state index in [1.807, 2.05) is 54.0 Å². The molecule has 51 heavy (non-hydrogen) atoms. The molecule has 0 spiro atoms. The SMILES string of the molecule is Cc1sc2c(c1C)C(c1ccc(Cl)cc1)=NC(CC(=O)Nc1cncc(O[Si](c3ccccc3)(c3ccccc3)C(C)(C)C)c1)c1nnc(C)n1-2. The van der Waals surface area contributed by atoms with Crippen molar-refractivity contribution in [3.8, 4) is 10.8 Å². The van der Waals surface area contributed by atoms with E-state index in [9.17, 15) is 4.79 Å².